The Hall–Kier alpha value is -2.57. The van der Waals surface area contributed by atoms with Crippen LogP contribution in [0.1, 0.15) is 36.5 Å². The molecule has 1 aromatic rings. The van der Waals surface area contributed by atoms with Crippen molar-refractivity contribution >= 4 is 11.7 Å². The van der Waals surface area contributed by atoms with E-state index in [0.717, 1.165) is 5.56 Å². The first-order chi connectivity index (χ1) is 12.2. The summed E-state index contributed by atoms with van der Waals surface area (Å²) >= 11 is 0. The van der Waals surface area contributed by atoms with Gasteiger partial charge in [0.2, 0.25) is 5.91 Å². The van der Waals surface area contributed by atoms with E-state index >= 15 is 0 Å². The number of benzene rings is 1. The molecule has 4 nitrogen and oxygen atoms in total. The highest BCUT2D eigenvalue weighted by atomic mass is 19.4. The van der Waals surface area contributed by atoms with Gasteiger partial charge in [0, 0.05) is 25.5 Å². The second-order valence-electron chi connectivity index (χ2n) is 6.57. The molecule has 1 heterocycles. The summed E-state index contributed by atoms with van der Waals surface area (Å²) in [6.07, 6.45) is 1.21. The second-order valence-corrected chi connectivity index (χ2v) is 6.57. The third-order valence-corrected chi connectivity index (χ3v) is 4.69. The molecule has 1 amide bonds. The molecular weight excluding hydrogens is 343 g/mol. The van der Waals surface area contributed by atoms with Crippen LogP contribution in [0.3, 0.4) is 0 Å². The summed E-state index contributed by atoms with van der Waals surface area (Å²) in [5.41, 5.74) is 5.41. The van der Waals surface area contributed by atoms with E-state index < -0.39 is 11.7 Å². The molecule has 7 heteroatoms. The average molecular weight is 363 g/mol. The summed E-state index contributed by atoms with van der Waals surface area (Å²) in [5, 5.41) is 2.65. The molecule has 1 aliphatic carbocycles. The Bertz CT molecular complexity index is 824. The third kappa shape index (κ3) is 3.25. The highest BCUT2D eigenvalue weighted by molar-refractivity contribution is 6.00. The summed E-state index contributed by atoms with van der Waals surface area (Å²) in [4.78, 5) is 15.0. The number of hydrogen-bond donors (Lipinski definition) is 2. The van der Waals surface area contributed by atoms with Crippen LogP contribution < -0.4 is 11.1 Å². The van der Waals surface area contributed by atoms with Crippen LogP contribution in [0.15, 0.2) is 47.0 Å². The molecule has 1 aliphatic heterocycles. The van der Waals surface area contributed by atoms with Crippen LogP contribution in [0, 0.1) is 0 Å². The number of hydrogen-bond acceptors (Lipinski definition) is 3. The van der Waals surface area contributed by atoms with Crippen LogP contribution in [-0.4, -0.2) is 23.5 Å². The molecular formula is C19H20F3N3O. The molecule has 138 valence electrons. The monoisotopic (exact) mass is 363 g/mol. The molecule has 3 N–H and O–H groups in total. The van der Waals surface area contributed by atoms with E-state index in [0.29, 0.717) is 24.0 Å². The van der Waals surface area contributed by atoms with Crippen LogP contribution in [0.25, 0.3) is 0 Å². The first kappa shape index (κ1) is 18.2. The predicted molar refractivity (Wildman–Crippen MR) is 93.6 cm³/mol. The van der Waals surface area contributed by atoms with E-state index in [-0.39, 0.29) is 30.3 Å². The van der Waals surface area contributed by atoms with Crippen molar-refractivity contribution in [3.63, 3.8) is 0 Å². The van der Waals surface area contributed by atoms with Gasteiger partial charge < -0.3 is 11.1 Å². The Balaban J connectivity index is 2.05. The van der Waals surface area contributed by atoms with E-state index in [2.05, 4.69) is 10.3 Å². The van der Waals surface area contributed by atoms with Gasteiger partial charge in [-0.15, -0.1) is 0 Å². The highest BCUT2D eigenvalue weighted by Crippen LogP contribution is 2.46. The van der Waals surface area contributed by atoms with Crippen LogP contribution in [0.5, 0.6) is 0 Å². The Kier molecular flexibility index (Phi) is 4.64. The number of nitrogens with two attached hydrogens (primary N) is 1. The summed E-state index contributed by atoms with van der Waals surface area (Å²) in [6.45, 7) is 1.64. The summed E-state index contributed by atoms with van der Waals surface area (Å²) < 4.78 is 42.3. The standard InChI is InChI=1S/C19H20F3N3O/c1-12(26)24-11-13-7-8-16-14(9-13)10-18(19(20,21)22,25-17(16)23)15-5-3-2-4-6-15/h3,5-9H,2,4,10-11H2,1H3,(H2,23,25)(H,24,26). The van der Waals surface area contributed by atoms with Gasteiger partial charge in [-0.3, -0.25) is 4.79 Å². The molecule has 1 aromatic carbocycles. The lowest BCUT2D eigenvalue weighted by Gasteiger charge is -2.38. The molecule has 0 fully saturated rings. The second kappa shape index (κ2) is 6.63. The number of carbonyl (C=O) groups excluding carboxylic acids is 1. The fourth-order valence-electron chi connectivity index (χ4n) is 3.37. The number of amidine groups is 1. The number of alkyl halides is 3. The zero-order valence-electron chi connectivity index (χ0n) is 14.4. The van der Waals surface area contributed by atoms with Crippen LogP contribution in [0.2, 0.25) is 0 Å². The average Bonchev–Trinajstić information content (AvgIpc) is 2.59. The Labute approximate surface area is 149 Å². The van der Waals surface area contributed by atoms with Gasteiger partial charge >= 0.3 is 6.18 Å². The van der Waals surface area contributed by atoms with Crippen molar-refractivity contribution in [1.82, 2.24) is 5.32 Å². The van der Waals surface area contributed by atoms with Crippen molar-refractivity contribution in [3.05, 3.63) is 58.7 Å². The quantitative estimate of drug-likeness (QED) is 0.866. The molecule has 0 saturated heterocycles. The molecule has 0 aromatic heterocycles. The zero-order valence-corrected chi connectivity index (χ0v) is 14.4. The molecule has 3 rings (SSSR count). The number of carbonyl (C=O) groups is 1. The number of aliphatic imine (C=N–C) groups is 1. The van der Waals surface area contributed by atoms with Gasteiger partial charge in [-0.05, 0) is 29.5 Å². The van der Waals surface area contributed by atoms with Gasteiger partial charge in [0.15, 0.2) is 5.54 Å². The fraction of sp³-hybridized carbons (Fsp3) is 0.368. The maximum atomic E-state index is 14.1. The van der Waals surface area contributed by atoms with Gasteiger partial charge in [0.25, 0.3) is 0 Å². The maximum Gasteiger partial charge on any atom is 0.418 e. The topological polar surface area (TPSA) is 67.5 Å². The SMILES string of the molecule is CC(=O)NCc1ccc2c(c1)CC(C1=CCCC=C1)(C(F)(F)F)N=C2N. The lowest BCUT2D eigenvalue weighted by atomic mass is 9.77. The third-order valence-electron chi connectivity index (χ3n) is 4.69. The maximum absolute atomic E-state index is 14.1. The lowest BCUT2D eigenvalue weighted by Crippen LogP contribution is -2.50. The van der Waals surface area contributed by atoms with Gasteiger partial charge in [-0.25, -0.2) is 4.99 Å². The highest BCUT2D eigenvalue weighted by Gasteiger charge is 2.58. The van der Waals surface area contributed by atoms with E-state index in [1.165, 1.54) is 13.0 Å². The summed E-state index contributed by atoms with van der Waals surface area (Å²) in [7, 11) is 0. The molecule has 1 unspecified atom stereocenters. The Morgan fingerprint density at radius 2 is 2.12 bits per heavy atom. The minimum absolute atomic E-state index is 0.116. The first-order valence-electron chi connectivity index (χ1n) is 8.39. The number of allylic oxidation sites excluding steroid dienone is 2. The molecule has 0 spiro atoms. The molecule has 2 aliphatic rings. The minimum Gasteiger partial charge on any atom is -0.383 e. The number of amides is 1. The van der Waals surface area contributed by atoms with Crippen molar-refractivity contribution < 1.29 is 18.0 Å². The van der Waals surface area contributed by atoms with Crippen molar-refractivity contribution in [2.75, 3.05) is 0 Å². The minimum atomic E-state index is -4.57. The molecule has 1 atom stereocenters. The van der Waals surface area contributed by atoms with Crippen molar-refractivity contribution in [3.8, 4) is 0 Å². The normalized spacial score (nSPS) is 22.3. The van der Waals surface area contributed by atoms with Gasteiger partial charge in [-0.2, -0.15) is 13.2 Å². The van der Waals surface area contributed by atoms with Gasteiger partial charge in [-0.1, -0.05) is 36.4 Å². The number of fused-ring (bicyclic) bond motifs is 1. The molecule has 26 heavy (non-hydrogen) atoms. The number of halogens is 3. The zero-order chi connectivity index (χ0) is 18.9. The van der Waals surface area contributed by atoms with Crippen molar-refractivity contribution in [2.24, 2.45) is 10.7 Å². The summed E-state index contributed by atoms with van der Waals surface area (Å²) in [5.74, 6) is -0.319. The first-order valence-corrected chi connectivity index (χ1v) is 8.39. The van der Waals surface area contributed by atoms with Gasteiger partial charge in [0.05, 0.1) is 0 Å². The van der Waals surface area contributed by atoms with E-state index in [1.807, 2.05) is 0 Å². The molecule has 0 radical (unpaired) electrons. The Morgan fingerprint density at radius 3 is 2.73 bits per heavy atom. The fourth-order valence-corrected chi connectivity index (χ4v) is 3.37. The Morgan fingerprint density at radius 1 is 1.35 bits per heavy atom. The van der Waals surface area contributed by atoms with Crippen LogP contribution >= 0.6 is 0 Å². The number of nitrogens with one attached hydrogen (secondary N) is 1. The number of nitrogens with zero attached hydrogens (tertiary/aromatic N) is 1. The van der Waals surface area contributed by atoms with E-state index in [4.69, 9.17) is 5.73 Å². The summed E-state index contributed by atoms with van der Waals surface area (Å²) in [6, 6.07) is 5.06. The van der Waals surface area contributed by atoms with Crippen molar-refractivity contribution in [1.29, 1.82) is 0 Å². The lowest BCUT2D eigenvalue weighted by molar-refractivity contribution is -0.173. The number of rotatable bonds is 3. The largest absolute Gasteiger partial charge is 0.418 e. The van der Waals surface area contributed by atoms with Gasteiger partial charge in [0.1, 0.15) is 5.84 Å². The van der Waals surface area contributed by atoms with E-state index in [1.54, 1.807) is 30.4 Å². The van der Waals surface area contributed by atoms with Crippen LogP contribution in [0.4, 0.5) is 13.2 Å². The predicted octanol–water partition coefficient (Wildman–Crippen LogP) is 3.16. The van der Waals surface area contributed by atoms with Crippen LogP contribution in [-0.2, 0) is 17.8 Å². The molecule has 0 saturated carbocycles. The van der Waals surface area contributed by atoms with Crippen molar-refractivity contribution in [2.45, 2.75) is 44.4 Å². The van der Waals surface area contributed by atoms with E-state index in [9.17, 15) is 18.0 Å². The molecule has 0 bridgehead atoms. The smallest absolute Gasteiger partial charge is 0.383 e.